The van der Waals surface area contributed by atoms with Gasteiger partial charge in [0.15, 0.2) is 0 Å². The smallest absolute Gasteiger partial charge is 0.319 e. The number of sulfonamides is 1. The lowest BCUT2D eigenvalue weighted by atomic mass is 9.96. The zero-order chi connectivity index (χ0) is 31.8. The molecule has 3 N–H and O–H groups in total. The molecule has 3 amide bonds. The molecular weight excluding hydrogens is 610 g/mol. The van der Waals surface area contributed by atoms with Gasteiger partial charge in [0.25, 0.3) is 5.91 Å². The van der Waals surface area contributed by atoms with Crippen molar-refractivity contribution in [2.75, 3.05) is 42.6 Å². The second-order valence-corrected chi connectivity index (χ2v) is 14.3. The van der Waals surface area contributed by atoms with E-state index in [1.165, 1.54) is 6.42 Å². The number of hydrogen-bond acceptors (Lipinski definition) is 5. The quantitative estimate of drug-likeness (QED) is 0.230. The number of nitrogens with one attached hydrogen (secondary N) is 3. The van der Waals surface area contributed by atoms with Crippen molar-refractivity contribution < 1.29 is 18.0 Å². The Morgan fingerprint density at radius 2 is 1.51 bits per heavy atom. The second-order valence-electron chi connectivity index (χ2n) is 11.8. The van der Waals surface area contributed by atoms with Gasteiger partial charge in [-0.25, -0.2) is 13.2 Å². The summed E-state index contributed by atoms with van der Waals surface area (Å²) in [4.78, 5) is 27.8. The summed E-state index contributed by atoms with van der Waals surface area (Å²) in [5.41, 5.74) is 4.55. The fourth-order valence-electron chi connectivity index (χ4n) is 5.93. The number of amides is 3. The van der Waals surface area contributed by atoms with Crippen molar-refractivity contribution in [3.8, 4) is 11.1 Å². The standard InChI is InChI=1S/C34H42ClN5O4S/c1-2-22-45(43,44)40-20-18-39(19-21-40)24-25-8-14-29(15-9-25)36-33(41)27-12-10-26(11-13-27)31-23-30(16-17-32(31)35)38-34(42)37-28-6-4-3-5-7-28/h8-17,23,28H,2-7,18-22,24H2,1H3,(H,36,41)(H2,37,38,42). The van der Waals surface area contributed by atoms with Crippen LogP contribution in [0.3, 0.4) is 0 Å². The molecule has 240 valence electrons. The summed E-state index contributed by atoms with van der Waals surface area (Å²) in [5, 5.41) is 9.49. The highest BCUT2D eigenvalue weighted by Gasteiger charge is 2.26. The lowest BCUT2D eigenvalue weighted by Crippen LogP contribution is -2.48. The maximum absolute atomic E-state index is 13.0. The highest BCUT2D eigenvalue weighted by atomic mass is 35.5. The molecule has 0 atom stereocenters. The molecule has 11 heteroatoms. The Hall–Kier alpha value is -3.44. The summed E-state index contributed by atoms with van der Waals surface area (Å²) in [5.74, 6) is -0.0224. The summed E-state index contributed by atoms with van der Waals surface area (Å²) in [6, 6.07) is 20.3. The molecule has 2 aliphatic rings. The zero-order valence-corrected chi connectivity index (χ0v) is 27.3. The lowest BCUT2D eigenvalue weighted by Gasteiger charge is -2.34. The van der Waals surface area contributed by atoms with Crippen LogP contribution in [0.2, 0.25) is 5.02 Å². The van der Waals surface area contributed by atoms with Crippen LogP contribution in [-0.4, -0.2) is 67.5 Å². The summed E-state index contributed by atoms with van der Waals surface area (Å²) >= 11 is 6.51. The first-order valence-corrected chi connectivity index (χ1v) is 17.8. The Balaban J connectivity index is 1.13. The fourth-order valence-corrected chi connectivity index (χ4v) is 7.65. The highest BCUT2D eigenvalue weighted by Crippen LogP contribution is 2.31. The molecule has 2 fully saturated rings. The monoisotopic (exact) mass is 651 g/mol. The number of piperazine rings is 1. The molecular formula is C34H42ClN5O4S. The number of nitrogens with zero attached hydrogens (tertiary/aromatic N) is 2. The minimum Gasteiger partial charge on any atom is -0.335 e. The van der Waals surface area contributed by atoms with Gasteiger partial charge in [-0.15, -0.1) is 0 Å². The van der Waals surface area contributed by atoms with E-state index in [1.807, 2.05) is 49.4 Å². The molecule has 3 aromatic carbocycles. The van der Waals surface area contributed by atoms with Crippen molar-refractivity contribution >= 4 is 44.9 Å². The van der Waals surface area contributed by atoms with E-state index in [4.69, 9.17) is 11.6 Å². The van der Waals surface area contributed by atoms with Gasteiger partial charge in [-0.3, -0.25) is 9.69 Å². The zero-order valence-electron chi connectivity index (χ0n) is 25.7. The van der Waals surface area contributed by atoms with Gasteiger partial charge in [0, 0.05) is 66.3 Å². The van der Waals surface area contributed by atoms with Gasteiger partial charge >= 0.3 is 6.03 Å². The van der Waals surface area contributed by atoms with Gasteiger partial charge < -0.3 is 16.0 Å². The van der Waals surface area contributed by atoms with Crippen molar-refractivity contribution in [3.63, 3.8) is 0 Å². The number of anilines is 2. The molecule has 0 spiro atoms. The van der Waals surface area contributed by atoms with Gasteiger partial charge in [-0.1, -0.05) is 62.1 Å². The van der Waals surface area contributed by atoms with Crippen LogP contribution >= 0.6 is 11.6 Å². The first-order valence-electron chi connectivity index (χ1n) is 15.8. The Bertz CT molecular complexity index is 1570. The van der Waals surface area contributed by atoms with E-state index in [9.17, 15) is 18.0 Å². The molecule has 1 aliphatic heterocycles. The van der Waals surface area contributed by atoms with Crippen molar-refractivity contribution in [1.82, 2.24) is 14.5 Å². The Labute approximate surface area is 271 Å². The van der Waals surface area contributed by atoms with Gasteiger partial charge in [0.05, 0.1) is 5.75 Å². The predicted octanol–water partition coefficient (Wildman–Crippen LogP) is 6.57. The molecule has 0 bridgehead atoms. The van der Waals surface area contributed by atoms with Crippen LogP contribution in [0.1, 0.15) is 61.4 Å². The van der Waals surface area contributed by atoms with Crippen LogP contribution in [-0.2, 0) is 16.6 Å². The van der Waals surface area contributed by atoms with E-state index in [0.29, 0.717) is 54.6 Å². The van der Waals surface area contributed by atoms with Gasteiger partial charge in [-0.2, -0.15) is 4.31 Å². The summed E-state index contributed by atoms with van der Waals surface area (Å²) in [6.07, 6.45) is 6.17. The summed E-state index contributed by atoms with van der Waals surface area (Å²) < 4.78 is 26.2. The number of urea groups is 1. The van der Waals surface area contributed by atoms with Crippen molar-refractivity contribution in [3.05, 3.63) is 82.9 Å². The molecule has 3 aromatic rings. The van der Waals surface area contributed by atoms with Crippen LogP contribution in [0, 0.1) is 0 Å². The number of rotatable bonds is 10. The Morgan fingerprint density at radius 1 is 0.844 bits per heavy atom. The second kappa shape index (κ2) is 15.2. The third-order valence-electron chi connectivity index (χ3n) is 8.43. The number of hydrogen-bond donors (Lipinski definition) is 3. The largest absolute Gasteiger partial charge is 0.335 e. The lowest BCUT2D eigenvalue weighted by molar-refractivity contribution is 0.102. The number of carbonyl (C=O) groups excluding carboxylic acids is 2. The fraction of sp³-hybridized carbons (Fsp3) is 0.412. The van der Waals surface area contributed by atoms with Gasteiger partial charge in [0.1, 0.15) is 0 Å². The van der Waals surface area contributed by atoms with E-state index < -0.39 is 10.0 Å². The molecule has 1 heterocycles. The van der Waals surface area contributed by atoms with Gasteiger partial charge in [0.2, 0.25) is 10.0 Å². The molecule has 1 saturated carbocycles. The maximum atomic E-state index is 13.0. The molecule has 0 radical (unpaired) electrons. The van der Waals surface area contributed by atoms with Crippen LogP contribution in [0.25, 0.3) is 11.1 Å². The first kappa shape index (κ1) is 32.9. The molecule has 1 saturated heterocycles. The van der Waals surface area contributed by atoms with Gasteiger partial charge in [-0.05, 0) is 72.9 Å². The van der Waals surface area contributed by atoms with E-state index in [2.05, 4.69) is 20.9 Å². The minimum absolute atomic E-state index is 0.200. The normalized spacial score (nSPS) is 16.7. The van der Waals surface area contributed by atoms with Crippen molar-refractivity contribution in [1.29, 1.82) is 0 Å². The predicted molar refractivity (Wildman–Crippen MR) is 181 cm³/mol. The van der Waals surface area contributed by atoms with E-state index in [1.54, 1.807) is 28.6 Å². The van der Waals surface area contributed by atoms with E-state index in [-0.39, 0.29) is 23.7 Å². The molecule has 5 rings (SSSR count). The van der Waals surface area contributed by atoms with E-state index in [0.717, 1.165) is 48.9 Å². The maximum Gasteiger partial charge on any atom is 0.319 e. The van der Waals surface area contributed by atoms with E-state index >= 15 is 0 Å². The summed E-state index contributed by atoms with van der Waals surface area (Å²) in [6.45, 7) is 5.02. The highest BCUT2D eigenvalue weighted by molar-refractivity contribution is 7.89. The molecule has 1 aliphatic carbocycles. The molecule has 0 aromatic heterocycles. The molecule has 0 unspecified atom stereocenters. The van der Waals surface area contributed by atoms with Crippen LogP contribution in [0.4, 0.5) is 16.2 Å². The van der Waals surface area contributed by atoms with Crippen molar-refractivity contribution in [2.24, 2.45) is 0 Å². The third-order valence-corrected chi connectivity index (χ3v) is 10.8. The number of halogens is 1. The van der Waals surface area contributed by atoms with Crippen LogP contribution in [0.15, 0.2) is 66.7 Å². The average Bonchev–Trinajstić information content (AvgIpc) is 3.04. The third kappa shape index (κ3) is 9.07. The average molecular weight is 652 g/mol. The minimum atomic E-state index is -3.15. The topological polar surface area (TPSA) is 111 Å². The first-order chi connectivity index (χ1) is 21.7. The van der Waals surface area contributed by atoms with Crippen LogP contribution in [0.5, 0.6) is 0 Å². The van der Waals surface area contributed by atoms with Crippen LogP contribution < -0.4 is 16.0 Å². The van der Waals surface area contributed by atoms with Crippen molar-refractivity contribution in [2.45, 2.75) is 58.0 Å². The summed E-state index contributed by atoms with van der Waals surface area (Å²) in [7, 11) is -3.15. The number of benzene rings is 3. The Kier molecular flexibility index (Phi) is 11.1. The molecule has 9 nitrogen and oxygen atoms in total. The molecule has 45 heavy (non-hydrogen) atoms. The SMILES string of the molecule is CCCS(=O)(=O)N1CCN(Cc2ccc(NC(=O)c3ccc(-c4cc(NC(=O)NC5CCCCC5)ccc4Cl)cc3)cc2)CC1. The number of carbonyl (C=O) groups is 2. The Morgan fingerprint density at radius 3 is 2.18 bits per heavy atom.